The van der Waals surface area contributed by atoms with Gasteiger partial charge in [-0.3, -0.25) is 0 Å². The summed E-state index contributed by atoms with van der Waals surface area (Å²) in [6.07, 6.45) is 0. The molecule has 1 atom stereocenters. The first-order valence-corrected chi connectivity index (χ1v) is 6.50. The zero-order chi connectivity index (χ0) is 12.0. The Kier molecular flexibility index (Phi) is 5.51. The lowest BCUT2D eigenvalue weighted by molar-refractivity contribution is 0.413. The molecule has 2 nitrogen and oxygen atoms in total. The van der Waals surface area contributed by atoms with E-state index in [0.717, 1.165) is 16.4 Å². The van der Waals surface area contributed by atoms with Crippen LogP contribution in [0.4, 0.5) is 0 Å². The van der Waals surface area contributed by atoms with E-state index in [1.165, 1.54) is 0 Å². The molecule has 0 N–H and O–H groups in total. The summed E-state index contributed by atoms with van der Waals surface area (Å²) in [4.78, 5) is 0.957. The number of alkyl halides is 1. The number of nitrogens with zero attached hydrogens (tertiary/aromatic N) is 1. The minimum absolute atomic E-state index is 0.435. The van der Waals surface area contributed by atoms with Gasteiger partial charge in [0.05, 0.1) is 12.7 Å². The fourth-order valence-electron chi connectivity index (χ4n) is 1.12. The minimum Gasteiger partial charge on any atom is -0.497 e. The van der Waals surface area contributed by atoms with Crippen LogP contribution in [0.25, 0.3) is 0 Å². The van der Waals surface area contributed by atoms with E-state index in [-0.39, 0.29) is 0 Å². The maximum absolute atomic E-state index is 8.97. The van der Waals surface area contributed by atoms with E-state index in [0.29, 0.717) is 17.4 Å². The summed E-state index contributed by atoms with van der Waals surface area (Å²) in [5.74, 6) is 2.76. The van der Waals surface area contributed by atoms with Crippen LogP contribution in [0.2, 0.25) is 0 Å². The summed E-state index contributed by atoms with van der Waals surface area (Å²) in [6, 6.07) is 7.66. The van der Waals surface area contributed by atoms with Crippen LogP contribution in [0.3, 0.4) is 0 Å². The largest absolute Gasteiger partial charge is 0.497 e. The average molecular weight is 256 g/mol. The van der Waals surface area contributed by atoms with Crippen LogP contribution in [0.1, 0.15) is 12.5 Å². The lowest BCUT2D eigenvalue weighted by atomic mass is 10.2. The molecule has 0 aliphatic carbocycles. The molecule has 1 unspecified atom stereocenters. The van der Waals surface area contributed by atoms with E-state index in [1.54, 1.807) is 31.0 Å². The van der Waals surface area contributed by atoms with Crippen molar-refractivity contribution in [2.45, 2.75) is 11.8 Å². The van der Waals surface area contributed by atoms with Crippen molar-refractivity contribution in [1.82, 2.24) is 0 Å². The lowest BCUT2D eigenvalue weighted by Crippen LogP contribution is -1.99. The molecule has 0 spiro atoms. The highest BCUT2D eigenvalue weighted by molar-refractivity contribution is 7.99. The fourth-order valence-corrected chi connectivity index (χ4v) is 2.41. The van der Waals surface area contributed by atoms with Crippen LogP contribution in [-0.2, 0) is 0 Å². The maximum atomic E-state index is 8.97. The summed E-state index contributed by atoms with van der Waals surface area (Å²) in [7, 11) is 1.62. The summed E-state index contributed by atoms with van der Waals surface area (Å²) < 4.78 is 5.14. The van der Waals surface area contributed by atoms with Gasteiger partial charge in [0.2, 0.25) is 0 Å². The first-order valence-electron chi connectivity index (χ1n) is 4.98. The number of ether oxygens (including phenoxy) is 1. The first-order chi connectivity index (χ1) is 7.71. The third kappa shape index (κ3) is 3.62. The number of nitriles is 1. The molecule has 0 saturated carbocycles. The van der Waals surface area contributed by atoms with Gasteiger partial charge in [-0.2, -0.15) is 5.26 Å². The molecule has 4 heteroatoms. The molecule has 1 aromatic carbocycles. The van der Waals surface area contributed by atoms with E-state index < -0.39 is 0 Å². The standard InChI is InChI=1S/C12H14ClNOS/c1-9(6-13)8-16-12-5-11(15-2)4-3-10(12)7-14/h3-5,9H,6,8H2,1-2H3. The number of halogens is 1. The van der Waals surface area contributed by atoms with Crippen molar-refractivity contribution in [3.05, 3.63) is 23.8 Å². The molecule has 1 aromatic rings. The van der Waals surface area contributed by atoms with Crippen molar-refractivity contribution in [2.24, 2.45) is 5.92 Å². The molecule has 0 bridgehead atoms. The Hall–Kier alpha value is -0.850. The zero-order valence-corrected chi connectivity index (χ0v) is 10.9. The third-order valence-electron chi connectivity index (χ3n) is 2.10. The topological polar surface area (TPSA) is 33.0 Å². The number of hydrogen-bond acceptors (Lipinski definition) is 3. The number of methoxy groups -OCH3 is 1. The van der Waals surface area contributed by atoms with E-state index in [9.17, 15) is 0 Å². The van der Waals surface area contributed by atoms with Crippen molar-refractivity contribution >= 4 is 23.4 Å². The summed E-state index contributed by atoms with van der Waals surface area (Å²) in [5, 5.41) is 8.97. The van der Waals surface area contributed by atoms with Gasteiger partial charge in [0.25, 0.3) is 0 Å². The molecule has 0 aliphatic heterocycles. The molecular weight excluding hydrogens is 242 g/mol. The van der Waals surface area contributed by atoms with Gasteiger partial charge >= 0.3 is 0 Å². The SMILES string of the molecule is COc1ccc(C#N)c(SCC(C)CCl)c1. The Morgan fingerprint density at radius 3 is 2.88 bits per heavy atom. The molecule has 0 amide bonds. The molecule has 0 heterocycles. The minimum atomic E-state index is 0.435. The molecule has 0 aliphatic rings. The van der Waals surface area contributed by atoms with Crippen molar-refractivity contribution in [2.75, 3.05) is 18.7 Å². The van der Waals surface area contributed by atoms with Crippen molar-refractivity contribution in [1.29, 1.82) is 5.26 Å². The second-order valence-corrected chi connectivity index (χ2v) is 4.91. The predicted molar refractivity (Wildman–Crippen MR) is 68.3 cm³/mol. The Labute approximate surface area is 106 Å². The number of thioether (sulfide) groups is 1. The Bertz CT molecular complexity index is 389. The van der Waals surface area contributed by atoms with Gasteiger partial charge in [-0.15, -0.1) is 23.4 Å². The number of rotatable bonds is 5. The van der Waals surface area contributed by atoms with Gasteiger partial charge < -0.3 is 4.74 Å². The Morgan fingerprint density at radius 2 is 2.31 bits per heavy atom. The molecule has 1 rings (SSSR count). The summed E-state index contributed by atoms with van der Waals surface area (Å²) in [6.45, 7) is 2.09. The van der Waals surface area contributed by atoms with Crippen molar-refractivity contribution in [3.8, 4) is 11.8 Å². The van der Waals surface area contributed by atoms with Crippen molar-refractivity contribution in [3.63, 3.8) is 0 Å². The Balaban J connectivity index is 2.80. The van der Waals surface area contributed by atoms with Gasteiger partial charge in [0.15, 0.2) is 0 Å². The molecule has 0 fully saturated rings. The highest BCUT2D eigenvalue weighted by Gasteiger charge is 2.07. The Morgan fingerprint density at radius 1 is 1.56 bits per heavy atom. The van der Waals surface area contributed by atoms with Gasteiger partial charge in [-0.05, 0) is 24.1 Å². The van der Waals surface area contributed by atoms with Gasteiger partial charge in [0, 0.05) is 16.5 Å². The van der Waals surface area contributed by atoms with Crippen LogP contribution in [0.15, 0.2) is 23.1 Å². The van der Waals surface area contributed by atoms with Crippen LogP contribution in [0.5, 0.6) is 5.75 Å². The number of benzene rings is 1. The van der Waals surface area contributed by atoms with Gasteiger partial charge in [-0.1, -0.05) is 6.92 Å². The van der Waals surface area contributed by atoms with E-state index in [2.05, 4.69) is 13.0 Å². The fraction of sp³-hybridized carbons (Fsp3) is 0.417. The second kappa shape index (κ2) is 6.67. The van der Waals surface area contributed by atoms with Crippen LogP contribution in [-0.4, -0.2) is 18.7 Å². The molecular formula is C12H14ClNOS. The monoisotopic (exact) mass is 255 g/mol. The predicted octanol–water partition coefficient (Wildman–Crippen LogP) is 3.53. The second-order valence-electron chi connectivity index (χ2n) is 3.54. The third-order valence-corrected chi connectivity index (χ3v) is 4.01. The highest BCUT2D eigenvalue weighted by atomic mass is 35.5. The summed E-state index contributed by atoms with van der Waals surface area (Å²) >= 11 is 7.39. The zero-order valence-electron chi connectivity index (χ0n) is 9.37. The quantitative estimate of drug-likeness (QED) is 0.596. The van der Waals surface area contributed by atoms with Gasteiger partial charge in [-0.25, -0.2) is 0 Å². The van der Waals surface area contributed by atoms with Crippen LogP contribution in [0, 0.1) is 17.2 Å². The van der Waals surface area contributed by atoms with E-state index in [1.807, 2.05) is 6.07 Å². The smallest absolute Gasteiger partial charge is 0.120 e. The number of hydrogen-bond donors (Lipinski definition) is 0. The van der Waals surface area contributed by atoms with E-state index in [4.69, 9.17) is 21.6 Å². The summed E-state index contributed by atoms with van der Waals surface area (Å²) in [5.41, 5.74) is 0.688. The van der Waals surface area contributed by atoms with Crippen LogP contribution < -0.4 is 4.74 Å². The highest BCUT2D eigenvalue weighted by Crippen LogP contribution is 2.28. The van der Waals surface area contributed by atoms with Crippen LogP contribution >= 0.6 is 23.4 Å². The average Bonchev–Trinajstić information content (AvgIpc) is 2.35. The maximum Gasteiger partial charge on any atom is 0.120 e. The molecule has 0 aromatic heterocycles. The lowest BCUT2D eigenvalue weighted by Gasteiger charge is -2.09. The molecule has 0 radical (unpaired) electrons. The first kappa shape index (κ1) is 13.2. The van der Waals surface area contributed by atoms with Gasteiger partial charge in [0.1, 0.15) is 11.8 Å². The molecule has 0 saturated heterocycles. The normalized spacial score (nSPS) is 11.9. The van der Waals surface area contributed by atoms with Crippen molar-refractivity contribution < 1.29 is 4.74 Å². The molecule has 86 valence electrons. The van der Waals surface area contributed by atoms with E-state index >= 15 is 0 Å². The molecule has 16 heavy (non-hydrogen) atoms.